The van der Waals surface area contributed by atoms with Crippen LogP contribution in [-0.2, 0) is 4.74 Å². The molecule has 15 heavy (non-hydrogen) atoms. The molecule has 0 spiro atoms. The Morgan fingerprint density at radius 3 is 2.53 bits per heavy atom. The Hall–Kier alpha value is -1.85. The minimum atomic E-state index is -0.517. The van der Waals surface area contributed by atoms with Crippen molar-refractivity contribution in [2.24, 2.45) is 0 Å². The van der Waals surface area contributed by atoms with Gasteiger partial charge in [0.05, 0.1) is 20.4 Å². The maximum Gasteiger partial charge on any atom is 0.344 e. The van der Waals surface area contributed by atoms with E-state index in [1.807, 2.05) is 0 Å². The van der Waals surface area contributed by atoms with Gasteiger partial charge >= 0.3 is 5.97 Å². The molecule has 0 saturated heterocycles. The highest BCUT2D eigenvalue weighted by Crippen LogP contribution is 2.17. The van der Waals surface area contributed by atoms with E-state index in [9.17, 15) is 4.79 Å². The van der Waals surface area contributed by atoms with E-state index in [1.54, 1.807) is 19.0 Å². The van der Waals surface area contributed by atoms with Crippen molar-refractivity contribution in [2.75, 3.05) is 33.2 Å². The summed E-state index contributed by atoms with van der Waals surface area (Å²) in [5.41, 5.74) is 0.214. The predicted molar refractivity (Wildman–Crippen MR) is 54.3 cm³/mol. The highest BCUT2D eigenvalue weighted by molar-refractivity contribution is 5.91. The summed E-state index contributed by atoms with van der Waals surface area (Å²) in [6.45, 7) is 0. The molecule has 0 aromatic carbocycles. The van der Waals surface area contributed by atoms with Crippen LogP contribution in [0, 0.1) is 0 Å². The highest BCUT2D eigenvalue weighted by atomic mass is 16.5. The molecule has 6 heteroatoms. The number of anilines is 1. The van der Waals surface area contributed by atoms with Gasteiger partial charge in [0.2, 0.25) is 11.8 Å². The molecule has 0 aliphatic rings. The molecular weight excluding hydrogens is 198 g/mol. The fourth-order valence-electron chi connectivity index (χ4n) is 0.978. The molecule has 6 nitrogen and oxygen atoms in total. The lowest BCUT2D eigenvalue weighted by Crippen LogP contribution is -2.15. The predicted octanol–water partition coefficient (Wildman–Crippen LogP) is 0.338. The van der Waals surface area contributed by atoms with Crippen molar-refractivity contribution in [2.45, 2.75) is 0 Å². The van der Waals surface area contributed by atoms with Gasteiger partial charge in [-0.2, -0.15) is 4.98 Å². The maximum atomic E-state index is 11.3. The average Bonchev–Trinajstić information content (AvgIpc) is 2.27. The van der Waals surface area contributed by atoms with Gasteiger partial charge in [0.1, 0.15) is 5.56 Å². The van der Waals surface area contributed by atoms with Crippen LogP contribution in [0.15, 0.2) is 6.20 Å². The van der Waals surface area contributed by atoms with Gasteiger partial charge in [-0.1, -0.05) is 0 Å². The van der Waals surface area contributed by atoms with Gasteiger partial charge in [0.25, 0.3) is 0 Å². The molecule has 0 fully saturated rings. The Balaban J connectivity index is 3.15. The lowest BCUT2D eigenvalue weighted by Gasteiger charge is -2.12. The molecule has 1 heterocycles. The van der Waals surface area contributed by atoms with Gasteiger partial charge in [-0.3, -0.25) is 0 Å². The minimum Gasteiger partial charge on any atom is -0.480 e. The van der Waals surface area contributed by atoms with Crippen LogP contribution >= 0.6 is 0 Å². The van der Waals surface area contributed by atoms with Crippen LogP contribution in [0.4, 0.5) is 5.95 Å². The number of aromatic nitrogens is 2. The summed E-state index contributed by atoms with van der Waals surface area (Å²) in [6.07, 6.45) is 1.38. The average molecular weight is 211 g/mol. The second-order valence-electron chi connectivity index (χ2n) is 2.98. The lowest BCUT2D eigenvalue weighted by atomic mass is 10.3. The number of ether oxygens (including phenoxy) is 2. The zero-order valence-corrected chi connectivity index (χ0v) is 9.14. The van der Waals surface area contributed by atoms with E-state index >= 15 is 0 Å². The number of hydrogen-bond donors (Lipinski definition) is 0. The molecule has 1 rings (SSSR count). The first-order valence-corrected chi connectivity index (χ1v) is 4.26. The van der Waals surface area contributed by atoms with E-state index in [0.29, 0.717) is 5.95 Å². The van der Waals surface area contributed by atoms with Gasteiger partial charge < -0.3 is 14.4 Å². The third-order valence-electron chi connectivity index (χ3n) is 1.74. The summed E-state index contributed by atoms with van der Waals surface area (Å²) in [5.74, 6) is 0.164. The molecule has 0 N–H and O–H groups in total. The summed E-state index contributed by atoms with van der Waals surface area (Å²) in [4.78, 5) is 21.0. The molecule has 0 aliphatic carbocycles. The van der Waals surface area contributed by atoms with Gasteiger partial charge in [-0.25, -0.2) is 9.78 Å². The third kappa shape index (κ3) is 2.34. The minimum absolute atomic E-state index is 0.209. The summed E-state index contributed by atoms with van der Waals surface area (Å²) < 4.78 is 9.55. The number of rotatable bonds is 3. The number of carbonyl (C=O) groups is 1. The Morgan fingerprint density at radius 1 is 1.40 bits per heavy atom. The molecule has 0 saturated carbocycles. The second-order valence-corrected chi connectivity index (χ2v) is 2.98. The SMILES string of the molecule is COC(=O)c1cnc(N(C)C)nc1OC. The lowest BCUT2D eigenvalue weighted by molar-refractivity contribution is 0.0595. The number of esters is 1. The fraction of sp³-hybridized carbons (Fsp3) is 0.444. The van der Waals surface area contributed by atoms with Crippen molar-refractivity contribution < 1.29 is 14.3 Å². The monoisotopic (exact) mass is 211 g/mol. The summed E-state index contributed by atoms with van der Waals surface area (Å²) in [6, 6.07) is 0. The Morgan fingerprint density at radius 2 is 2.07 bits per heavy atom. The normalized spacial score (nSPS) is 9.60. The zero-order chi connectivity index (χ0) is 11.4. The van der Waals surface area contributed by atoms with Crippen LogP contribution in [0.5, 0.6) is 5.88 Å². The molecule has 1 aromatic heterocycles. The van der Waals surface area contributed by atoms with Crippen molar-refractivity contribution in [3.05, 3.63) is 11.8 Å². The molecule has 0 bridgehead atoms. The van der Waals surface area contributed by atoms with E-state index in [-0.39, 0.29) is 11.4 Å². The van der Waals surface area contributed by atoms with Crippen LogP contribution in [-0.4, -0.2) is 44.3 Å². The van der Waals surface area contributed by atoms with E-state index in [4.69, 9.17) is 4.74 Å². The van der Waals surface area contributed by atoms with E-state index < -0.39 is 5.97 Å². The molecule has 0 radical (unpaired) electrons. The Bertz CT molecular complexity index is 366. The van der Waals surface area contributed by atoms with Crippen molar-refractivity contribution >= 4 is 11.9 Å². The van der Waals surface area contributed by atoms with Gasteiger partial charge in [-0.05, 0) is 0 Å². The van der Waals surface area contributed by atoms with Crippen LogP contribution < -0.4 is 9.64 Å². The third-order valence-corrected chi connectivity index (χ3v) is 1.74. The molecule has 0 aliphatic heterocycles. The van der Waals surface area contributed by atoms with Crippen molar-refractivity contribution in [3.63, 3.8) is 0 Å². The summed E-state index contributed by atoms with van der Waals surface area (Å²) in [7, 11) is 6.33. The van der Waals surface area contributed by atoms with Crippen LogP contribution in [0.3, 0.4) is 0 Å². The van der Waals surface area contributed by atoms with E-state index in [1.165, 1.54) is 20.4 Å². The van der Waals surface area contributed by atoms with Crippen molar-refractivity contribution in [1.82, 2.24) is 9.97 Å². The number of carbonyl (C=O) groups excluding carboxylic acids is 1. The topological polar surface area (TPSA) is 64.5 Å². The van der Waals surface area contributed by atoms with Crippen molar-refractivity contribution in [3.8, 4) is 5.88 Å². The first kappa shape index (κ1) is 11.2. The molecule has 82 valence electrons. The number of hydrogen-bond acceptors (Lipinski definition) is 6. The molecule has 0 atom stereocenters. The smallest absolute Gasteiger partial charge is 0.344 e. The second kappa shape index (κ2) is 4.59. The standard InChI is InChI=1S/C9H13N3O3/c1-12(2)9-10-5-6(8(13)15-4)7(11-9)14-3/h5H,1-4H3. The van der Waals surface area contributed by atoms with E-state index in [2.05, 4.69) is 14.7 Å². The van der Waals surface area contributed by atoms with Gasteiger partial charge in [0.15, 0.2) is 0 Å². The number of methoxy groups -OCH3 is 2. The maximum absolute atomic E-state index is 11.3. The summed E-state index contributed by atoms with van der Waals surface area (Å²) in [5, 5.41) is 0. The largest absolute Gasteiger partial charge is 0.480 e. The van der Waals surface area contributed by atoms with Crippen LogP contribution in [0.25, 0.3) is 0 Å². The first-order valence-electron chi connectivity index (χ1n) is 4.26. The molecule has 1 aromatic rings. The highest BCUT2D eigenvalue weighted by Gasteiger charge is 2.16. The van der Waals surface area contributed by atoms with Crippen LogP contribution in [0.2, 0.25) is 0 Å². The summed E-state index contributed by atoms with van der Waals surface area (Å²) >= 11 is 0. The first-order chi connectivity index (χ1) is 7.10. The van der Waals surface area contributed by atoms with Crippen molar-refractivity contribution in [1.29, 1.82) is 0 Å². The number of nitrogens with zero attached hydrogens (tertiary/aromatic N) is 3. The quantitative estimate of drug-likeness (QED) is 0.672. The Labute approximate surface area is 87.8 Å². The molecule has 0 unspecified atom stereocenters. The fourth-order valence-corrected chi connectivity index (χ4v) is 0.978. The Kier molecular flexibility index (Phi) is 3.43. The molecule has 0 amide bonds. The van der Waals surface area contributed by atoms with Crippen LogP contribution in [0.1, 0.15) is 10.4 Å². The van der Waals surface area contributed by atoms with E-state index in [0.717, 1.165) is 0 Å². The zero-order valence-electron chi connectivity index (χ0n) is 9.14. The van der Waals surface area contributed by atoms with Gasteiger partial charge in [-0.15, -0.1) is 0 Å². The van der Waals surface area contributed by atoms with Gasteiger partial charge in [0, 0.05) is 14.1 Å². The molecular formula is C9H13N3O3.